The summed E-state index contributed by atoms with van der Waals surface area (Å²) in [5.74, 6) is 1.57. The molecule has 17 heavy (non-hydrogen) atoms. The lowest BCUT2D eigenvalue weighted by atomic mass is 10.1. The number of methoxy groups -OCH3 is 1. The summed E-state index contributed by atoms with van der Waals surface area (Å²) in [5.41, 5.74) is 10.9. The van der Waals surface area contributed by atoms with Crippen molar-refractivity contribution in [2.75, 3.05) is 7.11 Å². The first kappa shape index (κ1) is 12.5. The van der Waals surface area contributed by atoms with Crippen LogP contribution in [0.4, 0.5) is 4.39 Å². The maximum Gasteiger partial charge on any atom is 0.211 e. The van der Waals surface area contributed by atoms with Gasteiger partial charge in [0.2, 0.25) is 5.96 Å². The Bertz CT molecular complexity index is 513. The monoisotopic (exact) mass is 234 g/mol. The number of nitrogens with zero attached hydrogens (tertiary/aromatic N) is 2. The van der Waals surface area contributed by atoms with E-state index in [0.717, 1.165) is 0 Å². The third kappa shape index (κ3) is 3.21. The van der Waals surface area contributed by atoms with Gasteiger partial charge in [-0.1, -0.05) is 5.92 Å². The minimum absolute atomic E-state index is 0.0199. The van der Waals surface area contributed by atoms with Crippen molar-refractivity contribution in [3.05, 3.63) is 29.1 Å². The van der Waals surface area contributed by atoms with Crippen LogP contribution in [0.2, 0.25) is 0 Å². The van der Waals surface area contributed by atoms with Crippen LogP contribution in [0.25, 0.3) is 0 Å². The minimum atomic E-state index is -0.575. The van der Waals surface area contributed by atoms with E-state index in [0.29, 0.717) is 11.1 Å². The van der Waals surface area contributed by atoms with Crippen LogP contribution >= 0.6 is 0 Å². The average Bonchev–Trinajstić information content (AvgIpc) is 2.27. The summed E-state index contributed by atoms with van der Waals surface area (Å²) in [4.78, 5) is 0. The van der Waals surface area contributed by atoms with Gasteiger partial charge in [0.05, 0.1) is 18.9 Å². The lowest BCUT2D eigenvalue weighted by Crippen LogP contribution is -2.21. The summed E-state index contributed by atoms with van der Waals surface area (Å²) in [6, 6.07) is 2.75. The van der Waals surface area contributed by atoms with Gasteiger partial charge < -0.3 is 16.2 Å². The largest absolute Gasteiger partial charge is 0.492 e. The zero-order valence-corrected chi connectivity index (χ0v) is 9.14. The number of guanidine groups is 1. The van der Waals surface area contributed by atoms with E-state index >= 15 is 0 Å². The first-order valence-corrected chi connectivity index (χ1v) is 4.54. The highest BCUT2D eigenvalue weighted by Crippen LogP contribution is 2.22. The number of hydrogen-bond acceptors (Lipinski definition) is 3. The molecule has 5 nitrogen and oxygen atoms in total. The molecule has 0 spiro atoms. The van der Waals surface area contributed by atoms with Gasteiger partial charge in [0, 0.05) is 0 Å². The van der Waals surface area contributed by atoms with Crippen molar-refractivity contribution in [3.63, 3.8) is 0 Å². The molecule has 0 aromatic heterocycles. The standard InChI is InChI=1S/C11H11FN4O/c1-3-8-4-7(6-15-16-11(13)14)5-9(12)10(8)17-2/h1,4-6H,2H3,(H4,13,14,16). The lowest BCUT2D eigenvalue weighted by molar-refractivity contribution is 0.385. The molecule has 0 aliphatic rings. The van der Waals surface area contributed by atoms with E-state index in [-0.39, 0.29) is 11.7 Å². The zero-order valence-electron chi connectivity index (χ0n) is 9.14. The van der Waals surface area contributed by atoms with Crippen LogP contribution in [-0.2, 0) is 0 Å². The van der Waals surface area contributed by atoms with Crippen LogP contribution in [0, 0.1) is 18.2 Å². The Morgan fingerprint density at radius 3 is 2.76 bits per heavy atom. The van der Waals surface area contributed by atoms with E-state index in [1.165, 1.54) is 25.5 Å². The van der Waals surface area contributed by atoms with Crippen LogP contribution in [-0.4, -0.2) is 19.3 Å². The molecule has 0 atom stereocenters. The highest BCUT2D eigenvalue weighted by molar-refractivity contribution is 5.82. The fourth-order valence-electron chi connectivity index (χ4n) is 1.17. The summed E-state index contributed by atoms with van der Waals surface area (Å²) in [6.45, 7) is 0. The average molecular weight is 234 g/mol. The van der Waals surface area contributed by atoms with Gasteiger partial charge in [-0.25, -0.2) is 4.39 Å². The number of benzene rings is 1. The molecule has 1 aromatic rings. The van der Waals surface area contributed by atoms with Crippen LogP contribution < -0.4 is 16.2 Å². The van der Waals surface area contributed by atoms with E-state index in [2.05, 4.69) is 16.1 Å². The van der Waals surface area contributed by atoms with Gasteiger partial charge in [-0.2, -0.15) is 5.10 Å². The molecule has 0 fully saturated rings. The van der Waals surface area contributed by atoms with Crippen molar-refractivity contribution in [1.29, 1.82) is 0 Å². The molecule has 1 rings (SSSR count). The van der Waals surface area contributed by atoms with E-state index in [1.807, 2.05) is 0 Å². The Morgan fingerprint density at radius 1 is 1.53 bits per heavy atom. The second kappa shape index (κ2) is 5.51. The van der Waals surface area contributed by atoms with Crippen LogP contribution in [0.15, 0.2) is 22.3 Å². The molecular weight excluding hydrogens is 223 g/mol. The van der Waals surface area contributed by atoms with Crippen molar-refractivity contribution in [3.8, 4) is 18.1 Å². The molecule has 0 unspecified atom stereocenters. The Kier molecular flexibility index (Phi) is 4.06. The second-order valence-corrected chi connectivity index (χ2v) is 3.00. The Labute approximate surface area is 98.0 Å². The first-order valence-electron chi connectivity index (χ1n) is 4.54. The highest BCUT2D eigenvalue weighted by atomic mass is 19.1. The Hall–Kier alpha value is -2.55. The number of hydrogen-bond donors (Lipinski definition) is 2. The van der Waals surface area contributed by atoms with Gasteiger partial charge >= 0.3 is 0 Å². The maximum absolute atomic E-state index is 13.5. The van der Waals surface area contributed by atoms with Gasteiger partial charge in [-0.3, -0.25) is 0 Å². The van der Waals surface area contributed by atoms with Crippen LogP contribution in [0.1, 0.15) is 11.1 Å². The molecule has 6 heteroatoms. The van der Waals surface area contributed by atoms with E-state index in [1.54, 1.807) is 0 Å². The van der Waals surface area contributed by atoms with Crippen molar-refractivity contribution in [1.82, 2.24) is 0 Å². The van der Waals surface area contributed by atoms with Crippen molar-refractivity contribution in [2.24, 2.45) is 21.7 Å². The maximum atomic E-state index is 13.5. The number of rotatable bonds is 3. The van der Waals surface area contributed by atoms with Crippen LogP contribution in [0.5, 0.6) is 5.75 Å². The number of terminal acetylenes is 1. The quantitative estimate of drug-likeness (QED) is 0.344. The fourth-order valence-corrected chi connectivity index (χ4v) is 1.17. The third-order valence-electron chi connectivity index (χ3n) is 1.81. The minimum Gasteiger partial charge on any atom is -0.492 e. The molecule has 0 radical (unpaired) electrons. The van der Waals surface area contributed by atoms with E-state index in [9.17, 15) is 4.39 Å². The smallest absolute Gasteiger partial charge is 0.211 e. The van der Waals surface area contributed by atoms with Gasteiger partial charge in [0.1, 0.15) is 0 Å². The third-order valence-corrected chi connectivity index (χ3v) is 1.81. The summed E-state index contributed by atoms with van der Waals surface area (Å²) >= 11 is 0. The summed E-state index contributed by atoms with van der Waals surface area (Å²) in [5, 5.41) is 6.93. The molecule has 0 amide bonds. The normalized spacial score (nSPS) is 9.94. The van der Waals surface area contributed by atoms with Gasteiger partial charge in [0.15, 0.2) is 11.6 Å². The second-order valence-electron chi connectivity index (χ2n) is 3.00. The highest BCUT2D eigenvalue weighted by Gasteiger charge is 2.08. The summed E-state index contributed by atoms with van der Waals surface area (Å²) in [6.07, 6.45) is 6.51. The van der Waals surface area contributed by atoms with Crippen LogP contribution in [0.3, 0.4) is 0 Å². The Morgan fingerprint density at radius 2 is 2.24 bits per heavy atom. The molecular formula is C11H11FN4O. The number of halogens is 1. The first-order chi connectivity index (χ1) is 8.08. The SMILES string of the molecule is C#Cc1cc(C=NN=C(N)N)cc(F)c1OC. The van der Waals surface area contributed by atoms with Crippen molar-refractivity contribution in [2.45, 2.75) is 0 Å². The predicted octanol–water partition coefficient (Wildman–Crippen LogP) is 0.423. The summed E-state index contributed by atoms with van der Waals surface area (Å²) in [7, 11) is 1.34. The molecule has 4 N–H and O–H groups in total. The summed E-state index contributed by atoms with van der Waals surface area (Å²) < 4.78 is 18.4. The molecule has 88 valence electrons. The molecule has 0 saturated heterocycles. The lowest BCUT2D eigenvalue weighted by Gasteiger charge is -2.05. The van der Waals surface area contributed by atoms with Crippen molar-refractivity contribution >= 4 is 12.2 Å². The van der Waals surface area contributed by atoms with E-state index in [4.69, 9.17) is 22.6 Å². The fraction of sp³-hybridized carbons (Fsp3) is 0.0909. The molecule has 0 heterocycles. The van der Waals surface area contributed by atoms with Gasteiger partial charge in [-0.05, 0) is 17.7 Å². The zero-order chi connectivity index (χ0) is 12.8. The number of ether oxygens (including phenoxy) is 1. The predicted molar refractivity (Wildman–Crippen MR) is 64.3 cm³/mol. The number of nitrogens with two attached hydrogens (primary N) is 2. The molecule has 1 aromatic carbocycles. The molecule has 0 aliphatic heterocycles. The Balaban J connectivity index is 3.13. The molecule has 0 aliphatic carbocycles. The van der Waals surface area contributed by atoms with E-state index < -0.39 is 5.82 Å². The van der Waals surface area contributed by atoms with Gasteiger partial charge in [0.25, 0.3) is 0 Å². The topological polar surface area (TPSA) is 86.0 Å². The van der Waals surface area contributed by atoms with Gasteiger partial charge in [-0.15, -0.1) is 11.5 Å². The molecule has 0 bridgehead atoms. The van der Waals surface area contributed by atoms with Crippen molar-refractivity contribution < 1.29 is 9.13 Å². The molecule has 0 saturated carbocycles.